The van der Waals surface area contributed by atoms with Crippen molar-refractivity contribution in [1.29, 1.82) is 0 Å². The molecule has 2 aromatic rings. The van der Waals surface area contributed by atoms with Crippen LogP contribution in [0.15, 0.2) is 36.5 Å². The van der Waals surface area contributed by atoms with E-state index in [1.54, 1.807) is 20.8 Å². The third-order valence-electron chi connectivity index (χ3n) is 2.99. The molecule has 0 saturated heterocycles. The van der Waals surface area contributed by atoms with Gasteiger partial charge in [-0.2, -0.15) is 5.10 Å². The van der Waals surface area contributed by atoms with Gasteiger partial charge in [-0.3, -0.25) is 0 Å². The van der Waals surface area contributed by atoms with E-state index in [0.29, 0.717) is 0 Å². The molecular formula is C16H19FN2O2. The van der Waals surface area contributed by atoms with Crippen LogP contribution in [0, 0.1) is 5.82 Å². The lowest BCUT2D eigenvalue weighted by Crippen LogP contribution is -2.27. The summed E-state index contributed by atoms with van der Waals surface area (Å²) in [7, 11) is 0. The van der Waals surface area contributed by atoms with Crippen LogP contribution in [0.25, 0.3) is 0 Å². The van der Waals surface area contributed by atoms with Crippen molar-refractivity contribution < 1.29 is 13.9 Å². The van der Waals surface area contributed by atoms with Crippen LogP contribution in [0.3, 0.4) is 0 Å². The molecule has 0 N–H and O–H groups in total. The number of hydrogen-bond acceptors (Lipinski definition) is 3. The second-order valence-electron chi connectivity index (χ2n) is 5.87. The predicted octanol–water partition coefficient (Wildman–Crippen LogP) is 3.59. The highest BCUT2D eigenvalue weighted by molar-refractivity contribution is 5.88. The van der Waals surface area contributed by atoms with E-state index in [1.807, 2.05) is 37.3 Å². The monoisotopic (exact) mass is 290 g/mol. The van der Waals surface area contributed by atoms with Gasteiger partial charge in [0, 0.05) is 0 Å². The van der Waals surface area contributed by atoms with E-state index in [9.17, 15) is 9.18 Å². The number of rotatable bonds is 3. The van der Waals surface area contributed by atoms with Gasteiger partial charge >= 0.3 is 5.97 Å². The van der Waals surface area contributed by atoms with Crippen LogP contribution in [0.1, 0.15) is 49.8 Å². The molecule has 0 bridgehead atoms. The Morgan fingerprint density at radius 3 is 2.48 bits per heavy atom. The average molecular weight is 290 g/mol. The van der Waals surface area contributed by atoms with Crippen molar-refractivity contribution in [3.63, 3.8) is 0 Å². The van der Waals surface area contributed by atoms with E-state index < -0.39 is 17.4 Å². The molecule has 0 radical (unpaired) electrons. The van der Waals surface area contributed by atoms with Crippen molar-refractivity contribution in [1.82, 2.24) is 9.78 Å². The van der Waals surface area contributed by atoms with E-state index in [-0.39, 0.29) is 11.7 Å². The summed E-state index contributed by atoms with van der Waals surface area (Å²) in [5.41, 5.74) is 0.0981. The molecule has 1 aromatic carbocycles. The van der Waals surface area contributed by atoms with Crippen LogP contribution in [0.2, 0.25) is 0 Å². The summed E-state index contributed by atoms with van der Waals surface area (Å²) in [6, 6.07) is 9.22. The number of carbonyl (C=O) groups is 1. The first-order chi connectivity index (χ1) is 9.79. The predicted molar refractivity (Wildman–Crippen MR) is 77.6 cm³/mol. The quantitative estimate of drug-likeness (QED) is 0.811. The molecule has 0 aliphatic rings. The summed E-state index contributed by atoms with van der Waals surface area (Å²) in [5, 5.41) is 3.98. The second-order valence-corrected chi connectivity index (χ2v) is 5.87. The Balaban J connectivity index is 2.36. The lowest BCUT2D eigenvalue weighted by Gasteiger charge is -2.21. The highest BCUT2D eigenvalue weighted by Crippen LogP contribution is 2.22. The van der Waals surface area contributed by atoms with E-state index in [4.69, 9.17) is 4.74 Å². The molecule has 1 heterocycles. The van der Waals surface area contributed by atoms with Crippen molar-refractivity contribution in [2.24, 2.45) is 0 Å². The number of aromatic nitrogens is 2. The number of ether oxygens (including phenoxy) is 1. The summed E-state index contributed by atoms with van der Waals surface area (Å²) in [6.07, 6.45) is 1.04. The number of nitrogens with zero attached hydrogens (tertiary/aromatic N) is 2. The van der Waals surface area contributed by atoms with E-state index >= 15 is 0 Å². The average Bonchev–Trinajstić information content (AvgIpc) is 2.79. The fourth-order valence-electron chi connectivity index (χ4n) is 2.03. The van der Waals surface area contributed by atoms with Gasteiger partial charge in [0.05, 0.1) is 12.2 Å². The topological polar surface area (TPSA) is 44.1 Å². The number of benzene rings is 1. The van der Waals surface area contributed by atoms with Crippen LogP contribution in [0.5, 0.6) is 0 Å². The molecule has 21 heavy (non-hydrogen) atoms. The van der Waals surface area contributed by atoms with Crippen LogP contribution in [-0.2, 0) is 4.74 Å². The first-order valence-corrected chi connectivity index (χ1v) is 6.81. The zero-order chi connectivity index (χ0) is 15.6. The molecule has 5 heteroatoms. The summed E-state index contributed by atoms with van der Waals surface area (Å²) in [6.45, 7) is 7.08. The molecule has 4 nitrogen and oxygen atoms in total. The molecule has 1 atom stereocenters. The van der Waals surface area contributed by atoms with Gasteiger partial charge in [-0.25, -0.2) is 13.9 Å². The molecule has 0 spiro atoms. The molecule has 112 valence electrons. The normalized spacial score (nSPS) is 13.0. The van der Waals surface area contributed by atoms with Gasteiger partial charge in [-0.1, -0.05) is 30.3 Å². The fraction of sp³-hybridized carbons (Fsp3) is 0.375. The molecule has 0 aliphatic heterocycles. The molecule has 0 aliphatic carbocycles. The summed E-state index contributed by atoms with van der Waals surface area (Å²) in [5.74, 6) is -1.38. The summed E-state index contributed by atoms with van der Waals surface area (Å²) in [4.78, 5) is 12.2. The van der Waals surface area contributed by atoms with Gasteiger partial charge in [-0.15, -0.1) is 0 Å². The molecule has 2 rings (SSSR count). The Bertz CT molecular complexity index is 629. The highest BCUT2D eigenvalue weighted by atomic mass is 19.1. The van der Waals surface area contributed by atoms with Crippen LogP contribution in [0.4, 0.5) is 4.39 Å². The Kier molecular flexibility index (Phi) is 4.11. The van der Waals surface area contributed by atoms with Crippen molar-refractivity contribution in [2.75, 3.05) is 0 Å². The fourth-order valence-corrected chi connectivity index (χ4v) is 2.03. The van der Waals surface area contributed by atoms with Gasteiger partial charge in [0.2, 0.25) is 0 Å². The number of esters is 1. The van der Waals surface area contributed by atoms with Gasteiger partial charge in [0.15, 0.2) is 11.5 Å². The maximum absolute atomic E-state index is 13.9. The van der Waals surface area contributed by atoms with Gasteiger partial charge in [0.25, 0.3) is 0 Å². The maximum atomic E-state index is 13.9. The Morgan fingerprint density at radius 1 is 1.29 bits per heavy atom. The van der Waals surface area contributed by atoms with Crippen molar-refractivity contribution >= 4 is 5.97 Å². The van der Waals surface area contributed by atoms with Crippen molar-refractivity contribution in [3.05, 3.63) is 53.6 Å². The molecule has 1 aromatic heterocycles. The van der Waals surface area contributed by atoms with Gasteiger partial charge in [0.1, 0.15) is 5.60 Å². The largest absolute Gasteiger partial charge is 0.455 e. The highest BCUT2D eigenvalue weighted by Gasteiger charge is 2.27. The molecular weight excluding hydrogens is 271 g/mol. The minimum atomic E-state index is -0.708. The summed E-state index contributed by atoms with van der Waals surface area (Å²) < 4.78 is 20.5. The first kappa shape index (κ1) is 15.2. The zero-order valence-electron chi connectivity index (χ0n) is 12.6. The lowest BCUT2D eigenvalue weighted by molar-refractivity contribution is 0.00498. The maximum Gasteiger partial charge on any atom is 0.360 e. The molecule has 0 amide bonds. The van der Waals surface area contributed by atoms with E-state index in [1.165, 1.54) is 4.68 Å². The van der Waals surface area contributed by atoms with E-state index in [2.05, 4.69) is 5.10 Å². The Morgan fingerprint density at radius 2 is 1.90 bits per heavy atom. The smallest absolute Gasteiger partial charge is 0.360 e. The van der Waals surface area contributed by atoms with Gasteiger partial charge < -0.3 is 4.74 Å². The number of carbonyl (C=O) groups excluding carboxylic acids is 1. The Labute approximate surface area is 123 Å². The van der Waals surface area contributed by atoms with Crippen LogP contribution in [-0.4, -0.2) is 21.4 Å². The third kappa shape index (κ3) is 3.48. The van der Waals surface area contributed by atoms with Crippen molar-refractivity contribution in [3.8, 4) is 0 Å². The first-order valence-electron chi connectivity index (χ1n) is 6.81. The summed E-state index contributed by atoms with van der Waals surface area (Å²) >= 11 is 0. The van der Waals surface area contributed by atoms with Crippen LogP contribution >= 0.6 is 0 Å². The molecule has 0 unspecified atom stereocenters. The van der Waals surface area contributed by atoms with Crippen LogP contribution < -0.4 is 0 Å². The minimum absolute atomic E-state index is 0.152. The molecule has 0 fully saturated rings. The standard InChI is InChI=1S/C16H19FN2O2/c1-11(12-8-6-5-7-9-12)19-14(13(17)10-18-19)15(20)21-16(2,3)4/h5-11H,1-4H3/t11-/m1/s1. The second kappa shape index (κ2) is 5.68. The minimum Gasteiger partial charge on any atom is -0.455 e. The number of hydrogen-bond donors (Lipinski definition) is 0. The van der Waals surface area contributed by atoms with Crippen molar-refractivity contribution in [2.45, 2.75) is 39.3 Å². The van der Waals surface area contributed by atoms with E-state index in [0.717, 1.165) is 11.8 Å². The lowest BCUT2D eigenvalue weighted by atomic mass is 10.1. The van der Waals surface area contributed by atoms with Gasteiger partial charge in [-0.05, 0) is 33.3 Å². The number of halogens is 1. The zero-order valence-corrected chi connectivity index (χ0v) is 12.6. The molecule has 0 saturated carbocycles. The SMILES string of the molecule is C[C@H](c1ccccc1)n1ncc(F)c1C(=O)OC(C)(C)C. The Hall–Kier alpha value is -2.17. The third-order valence-corrected chi connectivity index (χ3v) is 2.99.